The Morgan fingerprint density at radius 2 is 1.87 bits per heavy atom. The van der Waals surface area contributed by atoms with Crippen molar-refractivity contribution >= 4 is 34.3 Å². The molecule has 1 heterocycles. The molecule has 8 heteroatoms. The smallest absolute Gasteiger partial charge is 0.302 e. The van der Waals surface area contributed by atoms with Gasteiger partial charge >= 0.3 is 5.24 Å². The van der Waals surface area contributed by atoms with Crippen molar-refractivity contribution in [2.75, 3.05) is 31.8 Å². The van der Waals surface area contributed by atoms with Gasteiger partial charge in [-0.3, -0.25) is 9.59 Å². The number of rotatable bonds is 8. The largest absolute Gasteiger partial charge is 0.493 e. The lowest BCUT2D eigenvalue weighted by molar-refractivity contribution is -0.115. The molecule has 1 N–H and O–H groups in total. The maximum Gasteiger partial charge on any atom is 0.302 e. The first-order valence-corrected chi connectivity index (χ1v) is 10.7. The van der Waals surface area contributed by atoms with E-state index in [-0.39, 0.29) is 11.1 Å². The summed E-state index contributed by atoms with van der Waals surface area (Å²) in [6, 6.07) is 13.3. The standard InChI is InChI=1S/C22H25N3O4S/c1-4-21(26)23-17-8-5-15(6-9-17)11-12-25-22(27)30-14-18(24-25)16-7-10-19(28-2)20(13-16)29-3/h5-10,13H,4,11-12,14H2,1-3H3,(H,23,26). The molecule has 0 spiro atoms. The molecule has 1 aliphatic heterocycles. The van der Waals surface area contributed by atoms with Crippen LogP contribution in [0.5, 0.6) is 11.5 Å². The highest BCUT2D eigenvalue weighted by Crippen LogP contribution is 2.29. The van der Waals surface area contributed by atoms with Gasteiger partial charge in [-0.25, -0.2) is 5.01 Å². The van der Waals surface area contributed by atoms with E-state index in [1.807, 2.05) is 49.4 Å². The highest BCUT2D eigenvalue weighted by atomic mass is 32.2. The molecule has 2 amide bonds. The van der Waals surface area contributed by atoms with Crippen molar-refractivity contribution in [3.63, 3.8) is 0 Å². The Kier molecular flexibility index (Phi) is 7.35. The second-order valence-corrected chi connectivity index (χ2v) is 7.57. The molecule has 1 aliphatic rings. The van der Waals surface area contributed by atoms with Gasteiger partial charge in [-0.05, 0) is 42.3 Å². The van der Waals surface area contributed by atoms with Gasteiger partial charge in [-0.2, -0.15) is 5.10 Å². The summed E-state index contributed by atoms with van der Waals surface area (Å²) in [5.41, 5.74) is 3.55. The number of amides is 2. The Balaban J connectivity index is 1.68. The second-order valence-electron chi connectivity index (χ2n) is 6.64. The van der Waals surface area contributed by atoms with E-state index in [9.17, 15) is 9.59 Å². The topological polar surface area (TPSA) is 80.2 Å². The van der Waals surface area contributed by atoms with Crippen LogP contribution in [0.15, 0.2) is 47.6 Å². The quantitative estimate of drug-likeness (QED) is 0.684. The van der Waals surface area contributed by atoms with Crippen molar-refractivity contribution in [2.24, 2.45) is 5.10 Å². The van der Waals surface area contributed by atoms with E-state index in [1.165, 1.54) is 16.8 Å². The summed E-state index contributed by atoms with van der Waals surface area (Å²) in [5.74, 6) is 1.77. The maximum absolute atomic E-state index is 12.3. The average molecular weight is 428 g/mol. The zero-order valence-electron chi connectivity index (χ0n) is 17.3. The predicted molar refractivity (Wildman–Crippen MR) is 120 cm³/mol. The number of carbonyl (C=O) groups excluding carboxylic acids is 2. The number of hydrazone groups is 1. The molecule has 0 fully saturated rings. The van der Waals surface area contributed by atoms with Crippen LogP contribution in [0.4, 0.5) is 10.5 Å². The van der Waals surface area contributed by atoms with E-state index in [0.29, 0.717) is 36.6 Å². The molecule has 158 valence electrons. The normalized spacial score (nSPS) is 13.6. The molecule has 0 unspecified atom stereocenters. The zero-order valence-corrected chi connectivity index (χ0v) is 18.1. The third-order valence-electron chi connectivity index (χ3n) is 4.67. The molecule has 0 atom stereocenters. The van der Waals surface area contributed by atoms with Gasteiger partial charge in [-0.15, -0.1) is 0 Å². The van der Waals surface area contributed by atoms with E-state index < -0.39 is 0 Å². The molecule has 0 aliphatic carbocycles. The lowest BCUT2D eigenvalue weighted by atomic mass is 10.1. The predicted octanol–water partition coefficient (Wildman–Crippen LogP) is 4.17. The SMILES string of the molecule is CCC(=O)Nc1ccc(CCN2N=C(c3ccc(OC)c(OC)c3)CSC2=O)cc1. The van der Waals surface area contributed by atoms with Crippen LogP contribution in [0.2, 0.25) is 0 Å². The summed E-state index contributed by atoms with van der Waals surface area (Å²) in [6.07, 6.45) is 1.11. The van der Waals surface area contributed by atoms with Crippen molar-refractivity contribution in [1.82, 2.24) is 5.01 Å². The number of hydrogen-bond acceptors (Lipinski definition) is 6. The summed E-state index contributed by atoms with van der Waals surface area (Å²) in [5, 5.41) is 8.84. The number of benzene rings is 2. The van der Waals surface area contributed by atoms with Crippen LogP contribution in [-0.4, -0.2) is 48.4 Å². The Labute approximate surface area is 180 Å². The van der Waals surface area contributed by atoms with Gasteiger partial charge in [0, 0.05) is 30.0 Å². The second kappa shape index (κ2) is 10.2. The van der Waals surface area contributed by atoms with Crippen LogP contribution in [0.1, 0.15) is 24.5 Å². The molecule has 2 aromatic rings. The monoisotopic (exact) mass is 427 g/mol. The third-order valence-corrected chi connectivity index (χ3v) is 5.55. The van der Waals surface area contributed by atoms with Crippen LogP contribution >= 0.6 is 11.8 Å². The Hall–Kier alpha value is -3.00. The Morgan fingerprint density at radius 1 is 1.13 bits per heavy atom. The molecule has 30 heavy (non-hydrogen) atoms. The first-order chi connectivity index (χ1) is 14.5. The van der Waals surface area contributed by atoms with Crippen molar-refractivity contribution in [1.29, 1.82) is 0 Å². The summed E-state index contributed by atoms with van der Waals surface area (Å²) in [6.45, 7) is 2.29. The summed E-state index contributed by atoms with van der Waals surface area (Å²) < 4.78 is 10.7. The number of hydrogen-bond donors (Lipinski definition) is 1. The number of carbonyl (C=O) groups is 2. The number of thioether (sulfide) groups is 1. The van der Waals surface area contributed by atoms with E-state index in [2.05, 4.69) is 10.4 Å². The summed E-state index contributed by atoms with van der Waals surface area (Å²) >= 11 is 1.24. The van der Waals surface area contributed by atoms with Crippen molar-refractivity contribution < 1.29 is 19.1 Å². The van der Waals surface area contributed by atoms with Gasteiger partial charge in [0.15, 0.2) is 11.5 Å². The molecule has 7 nitrogen and oxygen atoms in total. The van der Waals surface area contributed by atoms with Gasteiger partial charge in [0.05, 0.1) is 19.9 Å². The van der Waals surface area contributed by atoms with Crippen LogP contribution < -0.4 is 14.8 Å². The minimum absolute atomic E-state index is 0.0179. The van der Waals surface area contributed by atoms with E-state index >= 15 is 0 Å². The van der Waals surface area contributed by atoms with Crippen LogP contribution in [0.3, 0.4) is 0 Å². The lowest BCUT2D eigenvalue weighted by Gasteiger charge is -2.23. The number of anilines is 1. The van der Waals surface area contributed by atoms with Crippen LogP contribution in [-0.2, 0) is 11.2 Å². The van der Waals surface area contributed by atoms with E-state index in [4.69, 9.17) is 9.47 Å². The fourth-order valence-electron chi connectivity index (χ4n) is 2.96. The number of methoxy groups -OCH3 is 2. The zero-order chi connectivity index (χ0) is 21.5. The van der Waals surface area contributed by atoms with Gasteiger partial charge in [0.2, 0.25) is 5.91 Å². The van der Waals surface area contributed by atoms with Gasteiger partial charge < -0.3 is 14.8 Å². The van der Waals surface area contributed by atoms with Gasteiger partial charge in [0.1, 0.15) is 0 Å². The first-order valence-electron chi connectivity index (χ1n) is 9.67. The molecule has 0 saturated carbocycles. The summed E-state index contributed by atoms with van der Waals surface area (Å²) in [4.78, 5) is 23.8. The first kappa shape index (κ1) is 21.7. The molecule has 0 radical (unpaired) electrons. The molecule has 0 bridgehead atoms. The minimum atomic E-state index is -0.0638. The average Bonchev–Trinajstić information content (AvgIpc) is 2.78. The fraction of sp³-hybridized carbons (Fsp3) is 0.318. The molecular weight excluding hydrogens is 402 g/mol. The van der Waals surface area contributed by atoms with Crippen molar-refractivity contribution in [3.05, 3.63) is 53.6 Å². The molecule has 0 saturated heterocycles. The number of ether oxygens (including phenoxy) is 2. The van der Waals surface area contributed by atoms with Gasteiger partial charge in [-0.1, -0.05) is 30.8 Å². The third kappa shape index (κ3) is 5.33. The Bertz CT molecular complexity index is 944. The number of nitrogens with zero attached hydrogens (tertiary/aromatic N) is 2. The minimum Gasteiger partial charge on any atom is -0.493 e. The molecule has 0 aromatic heterocycles. The maximum atomic E-state index is 12.3. The lowest BCUT2D eigenvalue weighted by Crippen LogP contribution is -2.31. The molecule has 3 rings (SSSR count). The van der Waals surface area contributed by atoms with E-state index in [0.717, 1.165) is 22.5 Å². The van der Waals surface area contributed by atoms with Crippen LogP contribution in [0.25, 0.3) is 0 Å². The molecular formula is C22H25N3O4S. The van der Waals surface area contributed by atoms with Crippen LogP contribution in [0, 0.1) is 0 Å². The van der Waals surface area contributed by atoms with Crippen molar-refractivity contribution in [3.8, 4) is 11.5 Å². The highest BCUT2D eigenvalue weighted by molar-refractivity contribution is 8.14. The van der Waals surface area contributed by atoms with E-state index in [1.54, 1.807) is 14.2 Å². The highest BCUT2D eigenvalue weighted by Gasteiger charge is 2.22. The van der Waals surface area contributed by atoms with Gasteiger partial charge in [0.25, 0.3) is 0 Å². The molecule has 2 aromatic carbocycles. The summed E-state index contributed by atoms with van der Waals surface area (Å²) in [7, 11) is 3.18. The number of nitrogens with one attached hydrogen (secondary N) is 1. The Morgan fingerprint density at radius 3 is 2.53 bits per heavy atom. The fourth-order valence-corrected chi connectivity index (χ4v) is 3.72. The van der Waals surface area contributed by atoms with Crippen molar-refractivity contribution in [2.45, 2.75) is 19.8 Å².